The normalized spacial score (nSPS) is 18.6. The van der Waals surface area contributed by atoms with Crippen LogP contribution in [-0.2, 0) is 10.2 Å². The standard InChI is InChI=1S/C13H15FO2/c14-11-5-3-10(4-6-11)13(9-12(15)16)7-1-2-8-13/h3-6H,1-2,7-9H2,(H,15,16). The van der Waals surface area contributed by atoms with Crippen LogP contribution in [0, 0.1) is 5.82 Å². The van der Waals surface area contributed by atoms with E-state index < -0.39 is 5.97 Å². The largest absolute Gasteiger partial charge is 0.481 e. The van der Waals surface area contributed by atoms with Crippen LogP contribution in [0.4, 0.5) is 4.39 Å². The van der Waals surface area contributed by atoms with Crippen molar-refractivity contribution in [1.29, 1.82) is 0 Å². The molecule has 0 heterocycles. The van der Waals surface area contributed by atoms with Gasteiger partial charge in [0.1, 0.15) is 5.82 Å². The van der Waals surface area contributed by atoms with Gasteiger partial charge in [-0.1, -0.05) is 25.0 Å². The van der Waals surface area contributed by atoms with Crippen LogP contribution in [0.25, 0.3) is 0 Å². The molecule has 0 amide bonds. The van der Waals surface area contributed by atoms with Crippen molar-refractivity contribution in [3.8, 4) is 0 Å². The molecular formula is C13H15FO2. The van der Waals surface area contributed by atoms with Crippen molar-refractivity contribution in [3.63, 3.8) is 0 Å². The van der Waals surface area contributed by atoms with E-state index in [9.17, 15) is 9.18 Å². The molecule has 1 saturated carbocycles. The molecule has 1 aromatic rings. The van der Waals surface area contributed by atoms with Gasteiger partial charge in [0.05, 0.1) is 6.42 Å². The molecule has 1 aliphatic carbocycles. The summed E-state index contributed by atoms with van der Waals surface area (Å²) < 4.78 is 12.8. The maximum absolute atomic E-state index is 12.8. The van der Waals surface area contributed by atoms with Gasteiger partial charge in [-0.05, 0) is 30.5 Å². The molecule has 86 valence electrons. The molecule has 16 heavy (non-hydrogen) atoms. The molecule has 0 unspecified atom stereocenters. The molecule has 2 rings (SSSR count). The Bertz CT molecular complexity index is 377. The van der Waals surface area contributed by atoms with Crippen LogP contribution in [0.2, 0.25) is 0 Å². The highest BCUT2D eigenvalue weighted by atomic mass is 19.1. The Balaban J connectivity index is 2.31. The number of carbonyl (C=O) groups is 1. The Labute approximate surface area is 94.1 Å². The Morgan fingerprint density at radius 2 is 1.81 bits per heavy atom. The second-order valence-corrected chi connectivity index (χ2v) is 4.56. The van der Waals surface area contributed by atoms with Crippen molar-refractivity contribution in [2.45, 2.75) is 37.5 Å². The maximum atomic E-state index is 12.8. The zero-order chi connectivity index (χ0) is 11.6. The quantitative estimate of drug-likeness (QED) is 0.853. The molecule has 1 N–H and O–H groups in total. The molecule has 1 aromatic carbocycles. The maximum Gasteiger partial charge on any atom is 0.304 e. The first-order valence-electron chi connectivity index (χ1n) is 5.60. The van der Waals surface area contributed by atoms with Gasteiger partial charge in [-0.3, -0.25) is 4.79 Å². The SMILES string of the molecule is O=C(O)CC1(c2ccc(F)cc2)CCCC1. The van der Waals surface area contributed by atoms with Gasteiger partial charge in [-0.25, -0.2) is 4.39 Å². The monoisotopic (exact) mass is 222 g/mol. The van der Waals surface area contributed by atoms with Crippen molar-refractivity contribution < 1.29 is 14.3 Å². The average Bonchev–Trinajstić information content (AvgIpc) is 2.67. The van der Waals surface area contributed by atoms with E-state index in [0.29, 0.717) is 0 Å². The van der Waals surface area contributed by atoms with E-state index in [-0.39, 0.29) is 17.7 Å². The van der Waals surface area contributed by atoms with Gasteiger partial charge in [0.25, 0.3) is 0 Å². The highest BCUT2D eigenvalue weighted by Crippen LogP contribution is 2.43. The fourth-order valence-corrected chi connectivity index (χ4v) is 2.71. The molecule has 0 bridgehead atoms. The minimum Gasteiger partial charge on any atom is -0.481 e. The zero-order valence-electron chi connectivity index (χ0n) is 9.08. The van der Waals surface area contributed by atoms with Crippen molar-refractivity contribution in [2.24, 2.45) is 0 Å². The molecule has 1 aliphatic rings. The van der Waals surface area contributed by atoms with Gasteiger partial charge >= 0.3 is 5.97 Å². The van der Waals surface area contributed by atoms with Crippen LogP contribution in [0.3, 0.4) is 0 Å². The highest BCUT2D eigenvalue weighted by molar-refractivity contribution is 5.69. The predicted octanol–water partition coefficient (Wildman–Crippen LogP) is 3.11. The van der Waals surface area contributed by atoms with Crippen molar-refractivity contribution >= 4 is 5.97 Å². The molecule has 0 aliphatic heterocycles. The first kappa shape index (κ1) is 11.1. The fourth-order valence-electron chi connectivity index (χ4n) is 2.71. The summed E-state index contributed by atoms with van der Waals surface area (Å²) in [5, 5.41) is 8.98. The number of hydrogen-bond donors (Lipinski definition) is 1. The number of carboxylic acid groups (broad SMARTS) is 1. The molecule has 3 heteroatoms. The van der Waals surface area contributed by atoms with E-state index >= 15 is 0 Å². The highest BCUT2D eigenvalue weighted by Gasteiger charge is 2.37. The minimum absolute atomic E-state index is 0.151. The summed E-state index contributed by atoms with van der Waals surface area (Å²) in [7, 11) is 0. The van der Waals surface area contributed by atoms with E-state index in [1.54, 1.807) is 12.1 Å². The van der Waals surface area contributed by atoms with Gasteiger partial charge in [-0.15, -0.1) is 0 Å². The topological polar surface area (TPSA) is 37.3 Å². The van der Waals surface area contributed by atoms with Crippen LogP contribution < -0.4 is 0 Å². The van der Waals surface area contributed by atoms with Crippen molar-refractivity contribution in [3.05, 3.63) is 35.6 Å². The fraction of sp³-hybridized carbons (Fsp3) is 0.462. The molecule has 0 aromatic heterocycles. The second-order valence-electron chi connectivity index (χ2n) is 4.56. The lowest BCUT2D eigenvalue weighted by atomic mass is 9.76. The summed E-state index contributed by atoms with van der Waals surface area (Å²) in [6, 6.07) is 6.28. The third kappa shape index (κ3) is 2.08. The van der Waals surface area contributed by atoms with Crippen LogP contribution >= 0.6 is 0 Å². The predicted molar refractivity (Wildman–Crippen MR) is 58.8 cm³/mol. The van der Waals surface area contributed by atoms with Crippen molar-refractivity contribution in [2.75, 3.05) is 0 Å². The van der Waals surface area contributed by atoms with E-state index in [1.807, 2.05) is 0 Å². The number of carboxylic acids is 1. The lowest BCUT2D eigenvalue weighted by molar-refractivity contribution is -0.138. The summed E-state index contributed by atoms with van der Waals surface area (Å²) in [5.41, 5.74) is 0.702. The zero-order valence-corrected chi connectivity index (χ0v) is 9.08. The number of halogens is 1. The van der Waals surface area contributed by atoms with Gasteiger partial charge < -0.3 is 5.11 Å². The van der Waals surface area contributed by atoms with Gasteiger partial charge in [-0.2, -0.15) is 0 Å². The molecule has 0 atom stereocenters. The molecule has 1 fully saturated rings. The summed E-state index contributed by atoms with van der Waals surface area (Å²) in [6.45, 7) is 0. The minimum atomic E-state index is -0.772. The number of benzene rings is 1. The van der Waals surface area contributed by atoms with E-state index in [4.69, 9.17) is 5.11 Å². The molecule has 2 nitrogen and oxygen atoms in total. The first-order valence-corrected chi connectivity index (χ1v) is 5.60. The summed E-state index contributed by atoms with van der Waals surface area (Å²) >= 11 is 0. The third-order valence-electron chi connectivity index (χ3n) is 3.51. The van der Waals surface area contributed by atoms with Crippen LogP contribution in [0.5, 0.6) is 0 Å². The summed E-state index contributed by atoms with van der Waals surface area (Å²) in [6.07, 6.45) is 4.06. The molecule has 0 saturated heterocycles. The molecular weight excluding hydrogens is 207 g/mol. The van der Waals surface area contributed by atoms with Crippen molar-refractivity contribution in [1.82, 2.24) is 0 Å². The number of aliphatic carboxylic acids is 1. The smallest absolute Gasteiger partial charge is 0.304 e. The molecule has 0 radical (unpaired) electrons. The van der Waals surface area contributed by atoms with Gasteiger partial charge in [0, 0.05) is 5.41 Å². The van der Waals surface area contributed by atoms with Crippen LogP contribution in [-0.4, -0.2) is 11.1 Å². The van der Waals surface area contributed by atoms with E-state index in [2.05, 4.69) is 0 Å². The van der Waals surface area contributed by atoms with E-state index in [0.717, 1.165) is 31.2 Å². The Hall–Kier alpha value is -1.38. The Morgan fingerprint density at radius 3 is 2.31 bits per heavy atom. The summed E-state index contributed by atoms with van der Waals surface area (Å²) in [4.78, 5) is 10.9. The summed E-state index contributed by atoms with van der Waals surface area (Å²) in [5.74, 6) is -1.04. The Kier molecular flexibility index (Phi) is 2.95. The van der Waals surface area contributed by atoms with E-state index in [1.165, 1.54) is 12.1 Å². The van der Waals surface area contributed by atoms with Gasteiger partial charge in [0.2, 0.25) is 0 Å². The Morgan fingerprint density at radius 1 is 1.25 bits per heavy atom. The first-order chi connectivity index (χ1) is 7.62. The average molecular weight is 222 g/mol. The second kappa shape index (κ2) is 4.24. The lowest BCUT2D eigenvalue weighted by Crippen LogP contribution is -2.25. The van der Waals surface area contributed by atoms with Crippen LogP contribution in [0.1, 0.15) is 37.7 Å². The lowest BCUT2D eigenvalue weighted by Gasteiger charge is -2.27. The van der Waals surface area contributed by atoms with Crippen LogP contribution in [0.15, 0.2) is 24.3 Å². The molecule has 0 spiro atoms. The number of rotatable bonds is 3. The number of hydrogen-bond acceptors (Lipinski definition) is 1. The van der Waals surface area contributed by atoms with Gasteiger partial charge in [0.15, 0.2) is 0 Å². The third-order valence-corrected chi connectivity index (χ3v) is 3.51.